The van der Waals surface area contributed by atoms with Crippen LogP contribution in [0.25, 0.3) is 0 Å². The zero-order chi connectivity index (χ0) is 13.6. The third kappa shape index (κ3) is 5.32. The summed E-state index contributed by atoms with van der Waals surface area (Å²) in [5, 5.41) is 3.90. The third-order valence-electron chi connectivity index (χ3n) is 2.33. The smallest absolute Gasteiger partial charge is 0.330 e. The molecule has 104 valence electrons. The van der Waals surface area contributed by atoms with E-state index in [9.17, 15) is 17.6 Å². The normalized spacial score (nSPS) is 14.1. The minimum atomic E-state index is -4.10. The zero-order valence-corrected chi connectivity index (χ0v) is 10.4. The topological polar surface area (TPSA) is 35.2 Å². The fourth-order valence-corrected chi connectivity index (χ4v) is 1.98. The molecule has 0 fully saturated rings. The number of ether oxygens (including phenoxy) is 1. The molecule has 0 aliphatic rings. The zero-order valence-electron chi connectivity index (χ0n) is 9.62. The van der Waals surface area contributed by atoms with Gasteiger partial charge in [-0.2, -0.15) is 20.1 Å². The second-order valence-electron chi connectivity index (χ2n) is 4.01. The number of thiophene rings is 1. The van der Waals surface area contributed by atoms with Crippen molar-refractivity contribution >= 4 is 11.3 Å². The van der Waals surface area contributed by atoms with Crippen LogP contribution in [-0.2, 0) is 11.2 Å². The number of hydrogen-bond donors (Lipinski definition) is 1. The van der Waals surface area contributed by atoms with Crippen LogP contribution in [0.3, 0.4) is 0 Å². The van der Waals surface area contributed by atoms with Crippen LogP contribution < -0.4 is 5.73 Å². The minimum absolute atomic E-state index is 0.146. The van der Waals surface area contributed by atoms with Gasteiger partial charge in [0.05, 0.1) is 6.61 Å². The van der Waals surface area contributed by atoms with E-state index in [0.29, 0.717) is 6.42 Å². The Morgan fingerprint density at radius 3 is 2.67 bits per heavy atom. The predicted molar refractivity (Wildman–Crippen MR) is 62.4 cm³/mol. The molecule has 0 aliphatic carbocycles. The number of alkyl halides is 4. The maximum atomic E-state index is 12.5. The van der Waals surface area contributed by atoms with Gasteiger partial charge in [-0.05, 0) is 35.2 Å². The van der Waals surface area contributed by atoms with Crippen LogP contribution in [0.4, 0.5) is 17.6 Å². The van der Waals surface area contributed by atoms with Crippen LogP contribution >= 0.6 is 11.3 Å². The number of rotatable bonds is 8. The van der Waals surface area contributed by atoms with Gasteiger partial charge in [0.15, 0.2) is 0 Å². The van der Waals surface area contributed by atoms with E-state index < -0.39 is 25.0 Å². The largest absolute Gasteiger partial charge is 0.373 e. The molecule has 0 bridgehead atoms. The Labute approximate surface area is 107 Å². The van der Waals surface area contributed by atoms with E-state index in [1.165, 1.54) is 0 Å². The van der Waals surface area contributed by atoms with Crippen LogP contribution in [0.5, 0.6) is 0 Å². The molecule has 1 heterocycles. The molecule has 0 amide bonds. The second kappa shape index (κ2) is 7.06. The molecule has 1 rings (SSSR count). The predicted octanol–water partition coefficient (Wildman–Crippen LogP) is 2.93. The lowest BCUT2D eigenvalue weighted by Gasteiger charge is -2.17. The van der Waals surface area contributed by atoms with E-state index in [0.717, 1.165) is 12.0 Å². The highest BCUT2D eigenvalue weighted by atomic mass is 32.1. The molecule has 1 aromatic heterocycles. The Hall–Kier alpha value is -0.660. The fraction of sp³-hybridized carbons (Fsp3) is 0.636. The van der Waals surface area contributed by atoms with E-state index in [-0.39, 0.29) is 6.61 Å². The molecule has 0 aliphatic heterocycles. The number of nitrogens with two attached hydrogens (primary N) is 1. The summed E-state index contributed by atoms with van der Waals surface area (Å²) in [7, 11) is 0. The van der Waals surface area contributed by atoms with Gasteiger partial charge in [0.25, 0.3) is 0 Å². The quantitative estimate of drug-likeness (QED) is 0.745. The van der Waals surface area contributed by atoms with Crippen molar-refractivity contribution in [2.75, 3.05) is 13.2 Å². The van der Waals surface area contributed by atoms with Gasteiger partial charge >= 0.3 is 12.3 Å². The monoisotopic (exact) mass is 285 g/mol. The standard InChI is InChI=1S/C11H15F4NOS/c12-10(13)11(14,15)7-17-5-9(16)2-1-8-3-4-18-6-8/h3-4,6,9-10H,1-2,5,7,16H2. The summed E-state index contributed by atoms with van der Waals surface area (Å²) in [4.78, 5) is 0. The van der Waals surface area contributed by atoms with Gasteiger partial charge in [0, 0.05) is 6.04 Å². The van der Waals surface area contributed by atoms with Gasteiger partial charge in [-0.1, -0.05) is 0 Å². The molecule has 2 N–H and O–H groups in total. The first-order chi connectivity index (χ1) is 8.42. The molecule has 0 saturated carbocycles. The lowest BCUT2D eigenvalue weighted by atomic mass is 10.1. The van der Waals surface area contributed by atoms with Crippen molar-refractivity contribution in [1.82, 2.24) is 0 Å². The van der Waals surface area contributed by atoms with Crippen molar-refractivity contribution in [3.63, 3.8) is 0 Å². The van der Waals surface area contributed by atoms with E-state index >= 15 is 0 Å². The summed E-state index contributed by atoms with van der Waals surface area (Å²) in [5.74, 6) is -4.10. The fourth-order valence-electron chi connectivity index (χ4n) is 1.28. The van der Waals surface area contributed by atoms with Gasteiger partial charge in [0.1, 0.15) is 6.61 Å². The third-order valence-corrected chi connectivity index (χ3v) is 3.06. The number of hydrogen-bond acceptors (Lipinski definition) is 3. The Balaban J connectivity index is 2.15. The first-order valence-electron chi connectivity index (χ1n) is 5.42. The Morgan fingerprint density at radius 1 is 1.39 bits per heavy atom. The summed E-state index contributed by atoms with van der Waals surface area (Å²) in [6, 6.07) is 1.52. The van der Waals surface area contributed by atoms with Crippen LogP contribution in [0.2, 0.25) is 0 Å². The highest BCUT2D eigenvalue weighted by molar-refractivity contribution is 7.07. The average Bonchev–Trinajstić information content (AvgIpc) is 2.78. The molecule has 18 heavy (non-hydrogen) atoms. The first kappa shape index (κ1) is 15.4. The molecule has 7 heteroatoms. The highest BCUT2D eigenvalue weighted by Crippen LogP contribution is 2.22. The summed E-state index contributed by atoms with van der Waals surface area (Å²) < 4.78 is 53.1. The number of halogens is 4. The lowest BCUT2D eigenvalue weighted by molar-refractivity contribution is -0.166. The molecule has 1 unspecified atom stereocenters. The molecule has 1 atom stereocenters. The maximum Gasteiger partial charge on any atom is 0.330 e. The Morgan fingerprint density at radius 2 is 2.11 bits per heavy atom. The maximum absolute atomic E-state index is 12.5. The van der Waals surface area contributed by atoms with Crippen molar-refractivity contribution in [2.45, 2.75) is 31.2 Å². The average molecular weight is 285 g/mol. The highest BCUT2D eigenvalue weighted by Gasteiger charge is 2.40. The SMILES string of the molecule is NC(CCc1ccsc1)COCC(F)(F)C(F)F. The molecule has 1 aromatic rings. The molecule has 0 aromatic carbocycles. The van der Waals surface area contributed by atoms with Crippen molar-refractivity contribution in [1.29, 1.82) is 0 Å². The van der Waals surface area contributed by atoms with Gasteiger partial charge in [0.2, 0.25) is 0 Å². The first-order valence-corrected chi connectivity index (χ1v) is 6.36. The summed E-state index contributed by atoms with van der Waals surface area (Å²) in [6.07, 6.45) is -2.42. The van der Waals surface area contributed by atoms with Gasteiger partial charge < -0.3 is 10.5 Å². The van der Waals surface area contributed by atoms with Crippen LogP contribution in [0.1, 0.15) is 12.0 Å². The van der Waals surface area contributed by atoms with Crippen molar-refractivity contribution in [3.8, 4) is 0 Å². The molecule has 0 spiro atoms. The molecule has 0 saturated heterocycles. The van der Waals surface area contributed by atoms with E-state index in [1.54, 1.807) is 11.3 Å². The van der Waals surface area contributed by atoms with E-state index in [4.69, 9.17) is 5.73 Å². The van der Waals surface area contributed by atoms with Crippen LogP contribution in [-0.4, -0.2) is 31.6 Å². The lowest BCUT2D eigenvalue weighted by Crippen LogP contribution is -2.35. The minimum Gasteiger partial charge on any atom is -0.373 e. The van der Waals surface area contributed by atoms with Gasteiger partial charge in [-0.3, -0.25) is 0 Å². The van der Waals surface area contributed by atoms with Crippen molar-refractivity contribution in [3.05, 3.63) is 22.4 Å². The summed E-state index contributed by atoms with van der Waals surface area (Å²) >= 11 is 1.56. The number of aryl methyl sites for hydroxylation is 1. The van der Waals surface area contributed by atoms with Crippen molar-refractivity contribution in [2.24, 2.45) is 5.73 Å². The van der Waals surface area contributed by atoms with Crippen molar-refractivity contribution < 1.29 is 22.3 Å². The Bertz CT molecular complexity index is 332. The van der Waals surface area contributed by atoms with Crippen LogP contribution in [0.15, 0.2) is 16.8 Å². The molecular weight excluding hydrogens is 270 g/mol. The van der Waals surface area contributed by atoms with Gasteiger partial charge in [-0.25, -0.2) is 8.78 Å². The van der Waals surface area contributed by atoms with Crippen LogP contribution in [0, 0.1) is 0 Å². The second-order valence-corrected chi connectivity index (χ2v) is 4.79. The van der Waals surface area contributed by atoms with Gasteiger partial charge in [-0.15, -0.1) is 0 Å². The van der Waals surface area contributed by atoms with E-state index in [2.05, 4.69) is 4.74 Å². The molecule has 2 nitrogen and oxygen atoms in total. The molecular formula is C11H15F4NOS. The Kier molecular flexibility index (Phi) is 6.04. The van der Waals surface area contributed by atoms with E-state index in [1.807, 2.05) is 16.8 Å². The summed E-state index contributed by atoms with van der Waals surface area (Å²) in [5.41, 5.74) is 6.76. The summed E-state index contributed by atoms with van der Waals surface area (Å²) in [6.45, 7) is -1.44. The molecule has 0 radical (unpaired) electrons.